The van der Waals surface area contributed by atoms with Crippen LogP contribution >= 0.6 is 15.9 Å². The third-order valence-corrected chi connectivity index (χ3v) is 7.43. The van der Waals surface area contributed by atoms with Gasteiger partial charge in [-0.3, -0.25) is 24.7 Å². The molecule has 36 heavy (non-hydrogen) atoms. The molecular formula is C25H31BrN6O4. The van der Waals surface area contributed by atoms with E-state index >= 15 is 0 Å². The van der Waals surface area contributed by atoms with Gasteiger partial charge in [-0.05, 0) is 31.4 Å². The summed E-state index contributed by atoms with van der Waals surface area (Å²) < 4.78 is 0.472. The predicted molar refractivity (Wildman–Crippen MR) is 141 cm³/mol. The topological polar surface area (TPSA) is 121 Å². The van der Waals surface area contributed by atoms with Crippen molar-refractivity contribution in [3.63, 3.8) is 0 Å². The Bertz CT molecular complexity index is 1180. The summed E-state index contributed by atoms with van der Waals surface area (Å²) >= 11 is 3.34. The smallest absolute Gasteiger partial charge is 0.294 e. The SMILES string of the molecule is CNc1cncc(C(=O)N2CC(Nc3c(C(=O)N4CCCCC4)cc(Br)cc3[N+](=O)[O-])C(C)(C)C2)c1. The zero-order valence-corrected chi connectivity index (χ0v) is 22.3. The summed E-state index contributed by atoms with van der Waals surface area (Å²) in [4.78, 5) is 45.9. The minimum atomic E-state index is -0.472. The molecule has 0 bridgehead atoms. The van der Waals surface area contributed by atoms with E-state index in [2.05, 4.69) is 31.5 Å². The third kappa shape index (κ3) is 5.30. The first-order valence-electron chi connectivity index (χ1n) is 12.1. The van der Waals surface area contributed by atoms with Crippen molar-refractivity contribution in [3.05, 3.63) is 56.3 Å². The molecule has 0 spiro atoms. The Morgan fingerprint density at radius 3 is 2.50 bits per heavy atom. The number of hydrogen-bond acceptors (Lipinski definition) is 7. The maximum atomic E-state index is 13.5. The van der Waals surface area contributed by atoms with E-state index in [1.807, 2.05) is 13.8 Å². The largest absolute Gasteiger partial charge is 0.387 e. The molecule has 2 aliphatic heterocycles. The Morgan fingerprint density at radius 2 is 1.83 bits per heavy atom. The van der Waals surface area contributed by atoms with Crippen LogP contribution in [0.4, 0.5) is 17.1 Å². The summed E-state index contributed by atoms with van der Waals surface area (Å²) in [6.45, 7) is 6.08. The molecule has 3 heterocycles. The van der Waals surface area contributed by atoms with Crippen LogP contribution in [0.15, 0.2) is 35.1 Å². The van der Waals surface area contributed by atoms with Crippen molar-refractivity contribution in [2.45, 2.75) is 39.2 Å². The van der Waals surface area contributed by atoms with Crippen molar-refractivity contribution in [2.75, 3.05) is 43.9 Å². The lowest BCUT2D eigenvalue weighted by Gasteiger charge is -2.30. The van der Waals surface area contributed by atoms with Gasteiger partial charge in [-0.25, -0.2) is 0 Å². The van der Waals surface area contributed by atoms with E-state index in [1.54, 1.807) is 35.2 Å². The molecule has 2 amide bonds. The Balaban J connectivity index is 1.65. The number of nitro benzene ring substituents is 1. The van der Waals surface area contributed by atoms with Crippen molar-refractivity contribution >= 4 is 44.8 Å². The van der Waals surface area contributed by atoms with E-state index in [9.17, 15) is 19.7 Å². The summed E-state index contributed by atoms with van der Waals surface area (Å²) in [5.41, 5.74) is 1.09. The number of pyridine rings is 1. The van der Waals surface area contributed by atoms with E-state index in [4.69, 9.17) is 0 Å². The lowest BCUT2D eigenvalue weighted by molar-refractivity contribution is -0.384. The van der Waals surface area contributed by atoms with E-state index in [0.29, 0.717) is 36.2 Å². The molecule has 2 aliphatic rings. The number of likely N-dealkylation sites (tertiary alicyclic amines) is 2. The molecule has 0 aliphatic carbocycles. The lowest BCUT2D eigenvalue weighted by atomic mass is 9.87. The number of nitro groups is 1. The fourth-order valence-electron chi connectivity index (χ4n) is 4.90. The minimum absolute atomic E-state index is 0.160. The van der Waals surface area contributed by atoms with Gasteiger partial charge in [-0.1, -0.05) is 29.8 Å². The molecule has 4 rings (SSSR count). The lowest BCUT2D eigenvalue weighted by Crippen LogP contribution is -2.38. The number of halogens is 1. The maximum absolute atomic E-state index is 13.5. The predicted octanol–water partition coefficient (Wildman–Crippen LogP) is 4.38. The van der Waals surface area contributed by atoms with Crippen molar-refractivity contribution in [3.8, 4) is 0 Å². The zero-order chi connectivity index (χ0) is 26.0. The zero-order valence-electron chi connectivity index (χ0n) is 20.7. The van der Waals surface area contributed by atoms with Crippen molar-refractivity contribution in [2.24, 2.45) is 5.41 Å². The highest BCUT2D eigenvalue weighted by atomic mass is 79.9. The fourth-order valence-corrected chi connectivity index (χ4v) is 5.35. The number of anilines is 2. The van der Waals surface area contributed by atoms with Crippen LogP contribution < -0.4 is 10.6 Å². The van der Waals surface area contributed by atoms with Gasteiger partial charge in [0, 0.05) is 61.6 Å². The molecular weight excluding hydrogens is 528 g/mol. The summed E-state index contributed by atoms with van der Waals surface area (Å²) in [5, 5.41) is 18.3. The van der Waals surface area contributed by atoms with Gasteiger partial charge in [0.1, 0.15) is 5.69 Å². The summed E-state index contributed by atoms with van der Waals surface area (Å²) in [6.07, 6.45) is 6.08. The van der Waals surface area contributed by atoms with Crippen molar-refractivity contribution in [1.29, 1.82) is 0 Å². The quantitative estimate of drug-likeness (QED) is 0.398. The third-order valence-electron chi connectivity index (χ3n) is 6.98. The molecule has 11 heteroatoms. The van der Waals surface area contributed by atoms with Gasteiger partial charge in [-0.15, -0.1) is 0 Å². The maximum Gasteiger partial charge on any atom is 0.294 e. The van der Waals surface area contributed by atoms with Crippen LogP contribution in [0.1, 0.15) is 53.8 Å². The number of benzene rings is 1. The van der Waals surface area contributed by atoms with Gasteiger partial charge in [0.25, 0.3) is 17.5 Å². The first-order chi connectivity index (χ1) is 17.1. The Labute approximate surface area is 218 Å². The molecule has 10 nitrogen and oxygen atoms in total. The number of hydrogen-bond donors (Lipinski definition) is 2. The summed E-state index contributed by atoms with van der Waals surface area (Å²) in [5.74, 6) is -0.382. The monoisotopic (exact) mass is 558 g/mol. The molecule has 2 fully saturated rings. The van der Waals surface area contributed by atoms with Crippen LogP contribution in [-0.2, 0) is 0 Å². The Kier molecular flexibility index (Phi) is 7.49. The Hall–Kier alpha value is -3.21. The molecule has 0 radical (unpaired) electrons. The highest BCUT2D eigenvalue weighted by Gasteiger charge is 2.43. The number of rotatable bonds is 6. The number of carbonyl (C=O) groups excluding carboxylic acids is 2. The second kappa shape index (κ2) is 10.4. The molecule has 2 aromatic rings. The molecule has 2 saturated heterocycles. The highest BCUT2D eigenvalue weighted by Crippen LogP contribution is 2.39. The van der Waals surface area contributed by atoms with Crippen molar-refractivity contribution in [1.82, 2.24) is 14.8 Å². The molecule has 1 aromatic carbocycles. The number of aromatic nitrogens is 1. The van der Waals surface area contributed by atoms with E-state index in [1.165, 1.54) is 12.3 Å². The second-order valence-electron chi connectivity index (χ2n) is 10.0. The first-order valence-corrected chi connectivity index (χ1v) is 12.9. The van der Waals surface area contributed by atoms with Crippen LogP contribution in [0, 0.1) is 15.5 Å². The van der Waals surface area contributed by atoms with Crippen LogP contribution in [0.3, 0.4) is 0 Å². The van der Waals surface area contributed by atoms with E-state index < -0.39 is 10.3 Å². The minimum Gasteiger partial charge on any atom is -0.387 e. The molecule has 192 valence electrons. The fraction of sp³-hybridized carbons (Fsp3) is 0.480. The van der Waals surface area contributed by atoms with Gasteiger partial charge in [0.05, 0.1) is 27.8 Å². The van der Waals surface area contributed by atoms with Gasteiger partial charge < -0.3 is 20.4 Å². The van der Waals surface area contributed by atoms with Gasteiger partial charge in [0.2, 0.25) is 0 Å². The van der Waals surface area contributed by atoms with Gasteiger partial charge in [-0.2, -0.15) is 0 Å². The molecule has 1 unspecified atom stereocenters. The summed E-state index contributed by atoms with van der Waals surface area (Å²) in [7, 11) is 1.76. The number of amides is 2. The highest BCUT2D eigenvalue weighted by molar-refractivity contribution is 9.10. The summed E-state index contributed by atoms with van der Waals surface area (Å²) in [6, 6.07) is 4.49. The van der Waals surface area contributed by atoms with Crippen LogP contribution in [0.5, 0.6) is 0 Å². The number of nitrogens with zero attached hydrogens (tertiary/aromatic N) is 4. The normalized spacial score (nSPS) is 19.2. The van der Waals surface area contributed by atoms with Crippen LogP contribution in [-0.4, -0.2) is 70.8 Å². The average molecular weight is 559 g/mol. The average Bonchev–Trinajstić information content (AvgIpc) is 3.17. The number of carbonyl (C=O) groups is 2. The van der Waals surface area contributed by atoms with E-state index in [0.717, 1.165) is 24.9 Å². The number of nitrogens with one attached hydrogen (secondary N) is 2. The molecule has 1 atom stereocenters. The van der Waals surface area contributed by atoms with E-state index in [-0.39, 0.29) is 34.8 Å². The molecule has 0 saturated carbocycles. The Morgan fingerprint density at radius 1 is 1.11 bits per heavy atom. The van der Waals surface area contributed by atoms with Crippen LogP contribution in [0.2, 0.25) is 0 Å². The standard InChI is InChI=1S/C25H31BrN6O4/c1-25(2)15-31(23(33)16-9-18(27-3)13-28-12-16)14-21(25)29-22-19(10-17(26)11-20(22)32(35)36)24(34)30-7-5-4-6-8-30/h9-13,21,27,29H,4-8,14-15H2,1-3H3. The van der Waals surface area contributed by atoms with Crippen molar-refractivity contribution < 1.29 is 14.5 Å². The van der Waals surface area contributed by atoms with Gasteiger partial charge in [0.15, 0.2) is 0 Å². The van der Waals surface area contributed by atoms with Crippen LogP contribution in [0.25, 0.3) is 0 Å². The number of piperidine rings is 1. The molecule has 2 N–H and O–H groups in total. The molecule has 1 aromatic heterocycles. The first kappa shape index (κ1) is 25.9. The van der Waals surface area contributed by atoms with Gasteiger partial charge >= 0.3 is 0 Å². The second-order valence-corrected chi connectivity index (χ2v) is 11.0.